The van der Waals surface area contributed by atoms with Gasteiger partial charge in [0.25, 0.3) is 5.91 Å². The fraction of sp³-hybridized carbons (Fsp3) is 0.375. The monoisotopic (exact) mass is 315 g/mol. The molecule has 2 amide bonds. The lowest BCUT2D eigenvalue weighted by molar-refractivity contribution is -0.122. The van der Waals surface area contributed by atoms with Crippen molar-refractivity contribution in [3.63, 3.8) is 0 Å². The SMILES string of the molecule is CNC(=O)[C@H](CC(C)C)NC(=O)c1cnn(-c2ccccc2)n1. The number of hydrogen-bond donors (Lipinski definition) is 2. The molecule has 23 heavy (non-hydrogen) atoms. The zero-order valence-corrected chi connectivity index (χ0v) is 13.5. The number of likely N-dealkylation sites (N-methyl/N-ethyl adjacent to an activating group) is 1. The van der Waals surface area contributed by atoms with E-state index in [1.165, 1.54) is 11.0 Å². The van der Waals surface area contributed by atoms with Gasteiger partial charge in [0.05, 0.1) is 11.9 Å². The van der Waals surface area contributed by atoms with Crippen molar-refractivity contribution in [2.24, 2.45) is 5.92 Å². The van der Waals surface area contributed by atoms with Crippen molar-refractivity contribution in [1.82, 2.24) is 25.6 Å². The summed E-state index contributed by atoms with van der Waals surface area (Å²) in [6.07, 6.45) is 1.94. The molecular formula is C16H21N5O2. The minimum atomic E-state index is -0.589. The van der Waals surface area contributed by atoms with Crippen LogP contribution in [0.2, 0.25) is 0 Å². The van der Waals surface area contributed by atoms with Gasteiger partial charge in [0.2, 0.25) is 5.91 Å². The number of nitrogens with one attached hydrogen (secondary N) is 2. The molecule has 0 saturated heterocycles. The first-order valence-corrected chi connectivity index (χ1v) is 7.51. The van der Waals surface area contributed by atoms with Crippen molar-refractivity contribution in [3.8, 4) is 5.69 Å². The summed E-state index contributed by atoms with van der Waals surface area (Å²) in [6.45, 7) is 3.99. The molecule has 2 N–H and O–H groups in total. The Morgan fingerprint density at radius 1 is 1.22 bits per heavy atom. The van der Waals surface area contributed by atoms with E-state index in [0.29, 0.717) is 6.42 Å². The van der Waals surface area contributed by atoms with Crippen LogP contribution in [0.3, 0.4) is 0 Å². The van der Waals surface area contributed by atoms with Crippen molar-refractivity contribution in [2.45, 2.75) is 26.3 Å². The highest BCUT2D eigenvalue weighted by Crippen LogP contribution is 2.07. The molecule has 0 aliphatic carbocycles. The quantitative estimate of drug-likeness (QED) is 0.837. The highest BCUT2D eigenvalue weighted by atomic mass is 16.2. The third kappa shape index (κ3) is 4.38. The summed E-state index contributed by atoms with van der Waals surface area (Å²) in [4.78, 5) is 25.5. The largest absolute Gasteiger partial charge is 0.357 e. The molecule has 0 spiro atoms. The number of rotatable bonds is 6. The van der Waals surface area contributed by atoms with Crippen LogP contribution < -0.4 is 10.6 Å². The van der Waals surface area contributed by atoms with Crippen LogP contribution >= 0.6 is 0 Å². The second-order valence-corrected chi connectivity index (χ2v) is 5.62. The van der Waals surface area contributed by atoms with E-state index in [4.69, 9.17) is 0 Å². The standard InChI is InChI=1S/C16H21N5O2/c1-11(2)9-13(15(22)17-3)19-16(23)14-10-18-21(20-14)12-7-5-4-6-8-12/h4-8,10-11,13H,9H2,1-3H3,(H,17,22)(H,19,23)/t13-/m0/s1. The average molecular weight is 315 g/mol. The van der Waals surface area contributed by atoms with Crippen molar-refractivity contribution >= 4 is 11.8 Å². The molecule has 0 aliphatic heterocycles. The van der Waals surface area contributed by atoms with Crippen molar-refractivity contribution in [3.05, 3.63) is 42.2 Å². The molecule has 0 saturated carbocycles. The summed E-state index contributed by atoms with van der Waals surface area (Å²) < 4.78 is 0. The highest BCUT2D eigenvalue weighted by molar-refractivity contribution is 5.95. The number of carbonyl (C=O) groups is 2. The summed E-state index contributed by atoms with van der Waals surface area (Å²) in [7, 11) is 1.55. The van der Waals surface area contributed by atoms with Gasteiger partial charge < -0.3 is 10.6 Å². The van der Waals surface area contributed by atoms with Crippen molar-refractivity contribution < 1.29 is 9.59 Å². The summed E-state index contributed by atoms with van der Waals surface area (Å²) in [5.41, 5.74) is 0.933. The molecule has 2 aromatic rings. The molecule has 0 radical (unpaired) electrons. The Balaban J connectivity index is 2.11. The maximum atomic E-state index is 12.3. The number of aromatic nitrogens is 3. The molecule has 0 bridgehead atoms. The smallest absolute Gasteiger partial charge is 0.274 e. The highest BCUT2D eigenvalue weighted by Gasteiger charge is 2.23. The van der Waals surface area contributed by atoms with Crippen LogP contribution in [0.1, 0.15) is 30.8 Å². The number of carbonyl (C=O) groups excluding carboxylic acids is 2. The summed E-state index contributed by atoms with van der Waals surface area (Å²) in [5, 5.41) is 13.5. The Bertz CT molecular complexity index is 666. The van der Waals surface area contributed by atoms with E-state index in [9.17, 15) is 9.59 Å². The van der Waals surface area contributed by atoms with Crippen LogP contribution in [0, 0.1) is 5.92 Å². The normalized spacial score (nSPS) is 12.0. The fourth-order valence-corrected chi connectivity index (χ4v) is 2.16. The summed E-state index contributed by atoms with van der Waals surface area (Å²) in [5.74, 6) is -0.360. The molecule has 1 aromatic heterocycles. The molecule has 1 heterocycles. The third-order valence-electron chi connectivity index (χ3n) is 3.29. The number of benzene rings is 1. The van der Waals surface area contributed by atoms with Gasteiger partial charge in [-0.2, -0.15) is 9.90 Å². The predicted octanol–water partition coefficient (Wildman–Crippen LogP) is 1.16. The fourth-order valence-electron chi connectivity index (χ4n) is 2.16. The molecule has 122 valence electrons. The maximum Gasteiger partial charge on any atom is 0.274 e. The van der Waals surface area contributed by atoms with E-state index < -0.39 is 11.9 Å². The zero-order chi connectivity index (χ0) is 16.8. The van der Waals surface area contributed by atoms with Crippen LogP contribution in [-0.2, 0) is 4.79 Å². The number of hydrogen-bond acceptors (Lipinski definition) is 4. The predicted molar refractivity (Wildman–Crippen MR) is 86.1 cm³/mol. The van der Waals surface area contributed by atoms with Crippen molar-refractivity contribution in [2.75, 3.05) is 7.05 Å². The lowest BCUT2D eigenvalue weighted by atomic mass is 10.0. The van der Waals surface area contributed by atoms with Gasteiger partial charge in [-0.25, -0.2) is 0 Å². The molecule has 1 aromatic carbocycles. The third-order valence-corrected chi connectivity index (χ3v) is 3.29. The van der Waals surface area contributed by atoms with E-state index in [0.717, 1.165) is 5.69 Å². The van der Waals surface area contributed by atoms with Gasteiger partial charge >= 0.3 is 0 Å². The second-order valence-electron chi connectivity index (χ2n) is 5.62. The molecule has 0 aliphatic rings. The van der Waals surface area contributed by atoms with Gasteiger partial charge in [0, 0.05) is 7.05 Å². The molecular weight excluding hydrogens is 294 g/mol. The van der Waals surface area contributed by atoms with Crippen LogP contribution in [0.25, 0.3) is 5.69 Å². The van der Waals surface area contributed by atoms with E-state index in [-0.39, 0.29) is 17.5 Å². The Kier molecular flexibility index (Phi) is 5.46. The second kappa shape index (κ2) is 7.53. The lowest BCUT2D eigenvalue weighted by Crippen LogP contribution is -2.46. The van der Waals surface area contributed by atoms with E-state index in [2.05, 4.69) is 20.8 Å². The first-order valence-electron chi connectivity index (χ1n) is 7.51. The van der Waals surface area contributed by atoms with Gasteiger partial charge in [0.15, 0.2) is 5.69 Å². The lowest BCUT2D eigenvalue weighted by Gasteiger charge is -2.18. The Labute approximate surface area is 135 Å². The Hall–Kier alpha value is -2.70. The van der Waals surface area contributed by atoms with Gasteiger partial charge in [0.1, 0.15) is 6.04 Å². The Morgan fingerprint density at radius 2 is 1.91 bits per heavy atom. The number of nitrogens with zero attached hydrogens (tertiary/aromatic N) is 3. The van der Waals surface area contributed by atoms with Crippen LogP contribution in [0.15, 0.2) is 36.5 Å². The molecule has 0 unspecified atom stereocenters. The molecule has 2 rings (SSSR count). The first-order chi connectivity index (χ1) is 11.0. The molecule has 7 nitrogen and oxygen atoms in total. The van der Waals surface area contributed by atoms with Crippen LogP contribution in [-0.4, -0.2) is 39.9 Å². The summed E-state index contributed by atoms with van der Waals surface area (Å²) >= 11 is 0. The van der Waals surface area contributed by atoms with Crippen LogP contribution in [0.4, 0.5) is 0 Å². The topological polar surface area (TPSA) is 88.9 Å². The molecule has 7 heteroatoms. The Morgan fingerprint density at radius 3 is 2.52 bits per heavy atom. The minimum absolute atomic E-state index is 0.173. The maximum absolute atomic E-state index is 12.3. The van der Waals surface area contributed by atoms with Gasteiger partial charge in [-0.15, -0.1) is 5.10 Å². The molecule has 0 fully saturated rings. The minimum Gasteiger partial charge on any atom is -0.357 e. The van der Waals surface area contributed by atoms with Gasteiger partial charge in [-0.05, 0) is 24.5 Å². The molecule has 1 atom stereocenters. The van der Waals surface area contributed by atoms with Gasteiger partial charge in [-0.3, -0.25) is 9.59 Å². The van der Waals surface area contributed by atoms with Crippen molar-refractivity contribution in [1.29, 1.82) is 0 Å². The van der Waals surface area contributed by atoms with E-state index in [1.807, 2.05) is 44.2 Å². The van der Waals surface area contributed by atoms with Gasteiger partial charge in [-0.1, -0.05) is 32.0 Å². The summed E-state index contributed by atoms with van der Waals surface area (Å²) in [6, 6.07) is 8.71. The number of para-hydroxylation sites is 1. The average Bonchev–Trinajstić information content (AvgIpc) is 3.04. The van der Waals surface area contributed by atoms with E-state index >= 15 is 0 Å². The first kappa shape index (κ1) is 16.7. The van der Waals surface area contributed by atoms with E-state index in [1.54, 1.807) is 7.05 Å². The zero-order valence-electron chi connectivity index (χ0n) is 13.5. The number of amides is 2. The van der Waals surface area contributed by atoms with Crippen LogP contribution in [0.5, 0.6) is 0 Å².